The summed E-state index contributed by atoms with van der Waals surface area (Å²) in [7, 11) is 1.62. The Kier molecular flexibility index (Phi) is 9.13. The highest BCUT2D eigenvalue weighted by Crippen LogP contribution is 2.00. The van der Waals surface area contributed by atoms with Gasteiger partial charge in [0, 0.05) is 20.1 Å². The summed E-state index contributed by atoms with van der Waals surface area (Å²) in [4.78, 5) is 11.2. The smallest absolute Gasteiger partial charge is 0.322 e. The first-order valence-corrected chi connectivity index (χ1v) is 6.01. The van der Waals surface area contributed by atoms with E-state index in [0.717, 1.165) is 12.2 Å². The van der Waals surface area contributed by atoms with Crippen LogP contribution in [0.25, 0.3) is 0 Å². The third-order valence-corrected chi connectivity index (χ3v) is 2.32. The summed E-state index contributed by atoms with van der Waals surface area (Å²) in [6.45, 7) is 0.993. The third-order valence-electron chi connectivity index (χ3n) is 1.67. The number of hydrogen-bond acceptors (Lipinski definition) is 5. The number of esters is 1. The summed E-state index contributed by atoms with van der Waals surface area (Å²) in [5, 5.41) is 0. The highest BCUT2D eigenvalue weighted by atomic mass is 32.2. The van der Waals surface area contributed by atoms with Gasteiger partial charge in [-0.2, -0.15) is 11.8 Å². The van der Waals surface area contributed by atoms with Crippen LogP contribution in [-0.4, -0.2) is 44.3 Å². The molecule has 0 saturated heterocycles. The van der Waals surface area contributed by atoms with Crippen LogP contribution in [0.5, 0.6) is 0 Å². The Balaban J connectivity index is 3.42. The van der Waals surface area contributed by atoms with Gasteiger partial charge in [0.15, 0.2) is 0 Å². The molecule has 4 nitrogen and oxygen atoms in total. The van der Waals surface area contributed by atoms with Crippen molar-refractivity contribution in [3.05, 3.63) is 0 Å². The Labute approximate surface area is 89.5 Å². The fraction of sp³-hybridized carbons (Fsp3) is 0.889. The monoisotopic (exact) mass is 221 g/mol. The highest BCUT2D eigenvalue weighted by Gasteiger charge is 2.13. The van der Waals surface area contributed by atoms with E-state index in [2.05, 4.69) is 0 Å². The van der Waals surface area contributed by atoms with Crippen LogP contribution in [-0.2, 0) is 14.3 Å². The van der Waals surface area contributed by atoms with E-state index in [0.29, 0.717) is 19.6 Å². The minimum Gasteiger partial charge on any atom is -0.464 e. The van der Waals surface area contributed by atoms with Crippen LogP contribution >= 0.6 is 11.8 Å². The second-order valence-corrected chi connectivity index (χ2v) is 3.89. The molecule has 0 spiro atoms. The quantitative estimate of drug-likeness (QED) is 0.481. The number of methoxy groups -OCH3 is 1. The molecule has 5 heteroatoms. The molecule has 0 rings (SSSR count). The molecule has 0 aromatic carbocycles. The van der Waals surface area contributed by atoms with Crippen molar-refractivity contribution < 1.29 is 14.3 Å². The Hall–Kier alpha value is -0.260. The molecule has 0 aliphatic carbocycles. The van der Waals surface area contributed by atoms with E-state index in [1.807, 2.05) is 6.26 Å². The van der Waals surface area contributed by atoms with Crippen LogP contribution in [0.15, 0.2) is 0 Å². The third kappa shape index (κ3) is 7.17. The molecule has 0 aromatic rings. The van der Waals surface area contributed by atoms with Crippen LogP contribution in [0, 0.1) is 0 Å². The van der Waals surface area contributed by atoms with E-state index >= 15 is 0 Å². The minimum atomic E-state index is -0.481. The van der Waals surface area contributed by atoms with Crippen molar-refractivity contribution in [2.75, 3.05) is 32.3 Å². The zero-order chi connectivity index (χ0) is 10.8. The van der Waals surface area contributed by atoms with Crippen molar-refractivity contribution in [1.29, 1.82) is 0 Å². The maximum Gasteiger partial charge on any atom is 0.322 e. The predicted molar refractivity (Wildman–Crippen MR) is 58.4 cm³/mol. The first-order valence-electron chi connectivity index (χ1n) is 4.62. The maximum absolute atomic E-state index is 11.2. The zero-order valence-corrected chi connectivity index (χ0v) is 9.64. The van der Waals surface area contributed by atoms with E-state index in [1.54, 1.807) is 18.9 Å². The van der Waals surface area contributed by atoms with Crippen molar-refractivity contribution >= 4 is 17.7 Å². The lowest BCUT2D eigenvalue weighted by Gasteiger charge is -2.10. The summed E-state index contributed by atoms with van der Waals surface area (Å²) in [5.74, 6) is 0.573. The Morgan fingerprint density at radius 1 is 1.50 bits per heavy atom. The molecule has 0 amide bonds. The molecule has 2 N–H and O–H groups in total. The van der Waals surface area contributed by atoms with Gasteiger partial charge < -0.3 is 15.2 Å². The van der Waals surface area contributed by atoms with Crippen LogP contribution in [0.3, 0.4) is 0 Å². The largest absolute Gasteiger partial charge is 0.464 e. The van der Waals surface area contributed by atoms with Gasteiger partial charge in [-0.05, 0) is 18.4 Å². The predicted octanol–water partition coefficient (Wildman–Crippen LogP) is 0.646. The fourth-order valence-electron chi connectivity index (χ4n) is 0.846. The molecule has 0 heterocycles. The van der Waals surface area contributed by atoms with Crippen molar-refractivity contribution in [2.24, 2.45) is 5.73 Å². The second-order valence-electron chi connectivity index (χ2n) is 2.90. The summed E-state index contributed by atoms with van der Waals surface area (Å²) in [6.07, 6.45) is 3.37. The fourth-order valence-corrected chi connectivity index (χ4v) is 1.34. The molecule has 0 aliphatic heterocycles. The molecule has 0 saturated carbocycles. The molecule has 14 heavy (non-hydrogen) atoms. The number of ether oxygens (including phenoxy) is 2. The normalized spacial score (nSPS) is 12.5. The SMILES string of the molecule is COCCCOC(=O)[C@H](N)CCSC. The molecular formula is C9H19NO3S. The van der Waals surface area contributed by atoms with Crippen molar-refractivity contribution in [1.82, 2.24) is 0 Å². The zero-order valence-electron chi connectivity index (χ0n) is 8.82. The minimum absolute atomic E-state index is 0.310. The Morgan fingerprint density at radius 3 is 2.79 bits per heavy atom. The van der Waals surface area contributed by atoms with Gasteiger partial charge in [0.2, 0.25) is 0 Å². The van der Waals surface area contributed by atoms with Gasteiger partial charge in [0.25, 0.3) is 0 Å². The molecular weight excluding hydrogens is 202 g/mol. The van der Waals surface area contributed by atoms with Crippen LogP contribution < -0.4 is 5.73 Å². The Bertz CT molecular complexity index is 155. The van der Waals surface area contributed by atoms with Gasteiger partial charge in [0.05, 0.1) is 6.61 Å². The van der Waals surface area contributed by atoms with Crippen LogP contribution in [0.4, 0.5) is 0 Å². The number of carbonyl (C=O) groups excluding carboxylic acids is 1. The number of hydrogen-bond donors (Lipinski definition) is 1. The van der Waals surface area contributed by atoms with E-state index in [1.165, 1.54) is 0 Å². The molecule has 0 radical (unpaired) electrons. The highest BCUT2D eigenvalue weighted by molar-refractivity contribution is 7.98. The number of carbonyl (C=O) groups is 1. The topological polar surface area (TPSA) is 61.5 Å². The van der Waals surface area contributed by atoms with Gasteiger partial charge in [-0.3, -0.25) is 4.79 Å². The number of thioether (sulfide) groups is 1. The van der Waals surface area contributed by atoms with Gasteiger partial charge in [-0.25, -0.2) is 0 Å². The van der Waals surface area contributed by atoms with Gasteiger partial charge in [-0.15, -0.1) is 0 Å². The average Bonchev–Trinajstić information content (AvgIpc) is 2.20. The van der Waals surface area contributed by atoms with E-state index in [4.69, 9.17) is 15.2 Å². The summed E-state index contributed by atoms with van der Waals surface area (Å²) >= 11 is 1.67. The summed E-state index contributed by atoms with van der Waals surface area (Å²) < 4.78 is 9.77. The van der Waals surface area contributed by atoms with Gasteiger partial charge >= 0.3 is 5.97 Å². The summed E-state index contributed by atoms with van der Waals surface area (Å²) in [6, 6.07) is -0.481. The van der Waals surface area contributed by atoms with Crippen LogP contribution in [0.1, 0.15) is 12.8 Å². The molecule has 0 aromatic heterocycles. The van der Waals surface area contributed by atoms with Crippen molar-refractivity contribution in [2.45, 2.75) is 18.9 Å². The Morgan fingerprint density at radius 2 is 2.21 bits per heavy atom. The van der Waals surface area contributed by atoms with E-state index in [-0.39, 0.29) is 5.97 Å². The van der Waals surface area contributed by atoms with E-state index in [9.17, 15) is 4.79 Å². The molecule has 0 bridgehead atoms. The lowest BCUT2D eigenvalue weighted by Crippen LogP contribution is -2.33. The van der Waals surface area contributed by atoms with Gasteiger partial charge in [0.1, 0.15) is 6.04 Å². The lowest BCUT2D eigenvalue weighted by molar-refractivity contribution is -0.145. The molecule has 0 fully saturated rings. The molecule has 1 atom stereocenters. The van der Waals surface area contributed by atoms with E-state index < -0.39 is 6.04 Å². The second kappa shape index (κ2) is 9.30. The first-order chi connectivity index (χ1) is 6.72. The maximum atomic E-state index is 11.2. The molecule has 0 unspecified atom stereocenters. The number of rotatable bonds is 8. The van der Waals surface area contributed by atoms with Crippen LogP contribution in [0.2, 0.25) is 0 Å². The molecule has 0 aliphatic rings. The lowest BCUT2D eigenvalue weighted by atomic mass is 10.2. The first kappa shape index (κ1) is 13.7. The molecule has 84 valence electrons. The number of nitrogens with two attached hydrogens (primary N) is 1. The standard InChI is InChI=1S/C9H19NO3S/c1-12-5-3-6-13-9(11)8(10)4-7-14-2/h8H,3-7,10H2,1-2H3/t8-/m1/s1. The van der Waals surface area contributed by atoms with Crippen molar-refractivity contribution in [3.8, 4) is 0 Å². The van der Waals surface area contributed by atoms with Gasteiger partial charge in [-0.1, -0.05) is 0 Å². The summed E-state index contributed by atoms with van der Waals surface area (Å²) in [5.41, 5.74) is 5.60. The average molecular weight is 221 g/mol. The van der Waals surface area contributed by atoms with Crippen molar-refractivity contribution in [3.63, 3.8) is 0 Å².